The van der Waals surface area contributed by atoms with Crippen LogP contribution < -0.4 is 5.32 Å². The van der Waals surface area contributed by atoms with Crippen molar-refractivity contribution in [3.63, 3.8) is 0 Å². The van der Waals surface area contributed by atoms with Gasteiger partial charge in [0.2, 0.25) is 0 Å². The Hall–Kier alpha value is -0.120. The zero-order valence-corrected chi connectivity index (χ0v) is 12.8. The third-order valence-electron chi connectivity index (χ3n) is 6.58. The van der Waals surface area contributed by atoms with Crippen LogP contribution in [-0.2, 0) is 9.47 Å². The van der Waals surface area contributed by atoms with Crippen LogP contribution in [0.3, 0.4) is 0 Å². The number of ether oxygens (including phenoxy) is 2. The number of rotatable bonds is 3. The summed E-state index contributed by atoms with van der Waals surface area (Å²) in [6.07, 6.45) is 9.49. The Morgan fingerprint density at radius 3 is 2.55 bits per heavy atom. The highest BCUT2D eigenvalue weighted by atomic mass is 16.6. The van der Waals surface area contributed by atoms with E-state index in [1.165, 1.54) is 38.5 Å². The molecule has 0 aromatic heterocycles. The second kappa shape index (κ2) is 5.26. The molecule has 3 heteroatoms. The first kappa shape index (κ1) is 13.5. The van der Waals surface area contributed by atoms with Gasteiger partial charge in [-0.15, -0.1) is 0 Å². The first-order valence-corrected chi connectivity index (χ1v) is 8.72. The predicted molar refractivity (Wildman–Crippen MR) is 78.6 cm³/mol. The second-order valence-corrected chi connectivity index (χ2v) is 7.59. The molecule has 2 heterocycles. The number of fused-ring (bicyclic) bond motifs is 1. The molecule has 5 atom stereocenters. The van der Waals surface area contributed by atoms with Crippen LogP contribution >= 0.6 is 0 Å². The van der Waals surface area contributed by atoms with Crippen LogP contribution in [0.25, 0.3) is 0 Å². The third-order valence-corrected chi connectivity index (χ3v) is 6.58. The molecule has 1 spiro atoms. The van der Waals surface area contributed by atoms with Crippen LogP contribution in [0.4, 0.5) is 0 Å². The molecule has 0 radical (unpaired) electrons. The van der Waals surface area contributed by atoms with Crippen LogP contribution in [0.5, 0.6) is 0 Å². The van der Waals surface area contributed by atoms with E-state index in [4.69, 9.17) is 9.47 Å². The molecule has 4 fully saturated rings. The van der Waals surface area contributed by atoms with E-state index in [9.17, 15) is 0 Å². The maximum Gasteiger partial charge on any atom is 0.0939 e. The van der Waals surface area contributed by atoms with E-state index < -0.39 is 0 Å². The summed E-state index contributed by atoms with van der Waals surface area (Å²) < 4.78 is 11.7. The van der Waals surface area contributed by atoms with E-state index in [1.54, 1.807) is 0 Å². The number of nitrogens with one attached hydrogen (secondary N) is 1. The zero-order valence-electron chi connectivity index (χ0n) is 12.8. The van der Waals surface area contributed by atoms with Crippen molar-refractivity contribution in [3.8, 4) is 0 Å². The van der Waals surface area contributed by atoms with Crippen molar-refractivity contribution < 1.29 is 9.47 Å². The minimum absolute atomic E-state index is 0.0675. The summed E-state index contributed by atoms with van der Waals surface area (Å²) in [5, 5.41) is 3.70. The summed E-state index contributed by atoms with van der Waals surface area (Å²) in [4.78, 5) is 0. The fourth-order valence-electron chi connectivity index (χ4n) is 5.56. The van der Waals surface area contributed by atoms with Gasteiger partial charge in [0.05, 0.1) is 12.2 Å². The molecule has 114 valence electrons. The van der Waals surface area contributed by atoms with Crippen LogP contribution in [-0.4, -0.2) is 38.5 Å². The number of hydrogen-bond acceptors (Lipinski definition) is 3. The molecule has 0 amide bonds. The highest BCUT2D eigenvalue weighted by Crippen LogP contribution is 2.59. The number of hydrogen-bond donors (Lipinski definition) is 1. The topological polar surface area (TPSA) is 30.5 Å². The van der Waals surface area contributed by atoms with E-state index in [2.05, 4.69) is 12.4 Å². The van der Waals surface area contributed by atoms with Gasteiger partial charge in [0.25, 0.3) is 0 Å². The molecular formula is C17H29NO2. The van der Waals surface area contributed by atoms with Gasteiger partial charge < -0.3 is 14.8 Å². The fourth-order valence-corrected chi connectivity index (χ4v) is 5.56. The average molecular weight is 279 g/mol. The summed E-state index contributed by atoms with van der Waals surface area (Å²) in [6.45, 7) is 2.66. The van der Waals surface area contributed by atoms with Crippen molar-refractivity contribution in [1.29, 1.82) is 0 Å². The standard InChI is InChI=1S/C17H29NO2/c1-18-16(15-13-4-2-3-5-14(13)15)12-6-8-20-17(10-12)7-9-19-11-17/h12-16,18H,2-11H2,1H3. The molecule has 3 nitrogen and oxygen atoms in total. The Morgan fingerprint density at radius 1 is 1.10 bits per heavy atom. The van der Waals surface area contributed by atoms with Crippen LogP contribution in [0.1, 0.15) is 44.9 Å². The summed E-state index contributed by atoms with van der Waals surface area (Å²) in [5.74, 6) is 3.84. The monoisotopic (exact) mass is 279 g/mol. The predicted octanol–water partition coefficient (Wildman–Crippen LogP) is 2.60. The highest BCUT2D eigenvalue weighted by molar-refractivity contribution is 5.07. The SMILES string of the molecule is CNC(C1CCOC2(CCOC2)C1)C1C2CCCCC21. The smallest absolute Gasteiger partial charge is 0.0939 e. The van der Waals surface area contributed by atoms with Gasteiger partial charge in [-0.1, -0.05) is 12.8 Å². The molecular weight excluding hydrogens is 250 g/mol. The Bertz CT molecular complexity index is 341. The van der Waals surface area contributed by atoms with E-state index in [0.29, 0.717) is 0 Å². The Kier molecular flexibility index (Phi) is 3.56. The van der Waals surface area contributed by atoms with Gasteiger partial charge in [0, 0.05) is 25.7 Å². The molecule has 20 heavy (non-hydrogen) atoms. The van der Waals surface area contributed by atoms with Crippen molar-refractivity contribution in [1.82, 2.24) is 5.32 Å². The van der Waals surface area contributed by atoms with E-state index in [0.717, 1.165) is 56.0 Å². The molecule has 5 unspecified atom stereocenters. The molecule has 2 saturated carbocycles. The fraction of sp³-hybridized carbons (Fsp3) is 1.00. The molecule has 2 saturated heterocycles. The average Bonchev–Trinajstić information content (AvgIpc) is 3.03. The lowest BCUT2D eigenvalue weighted by Gasteiger charge is -2.40. The molecule has 4 rings (SSSR count). The Labute approximate surface area is 122 Å². The lowest BCUT2D eigenvalue weighted by molar-refractivity contribution is -0.104. The molecule has 0 aromatic carbocycles. The third kappa shape index (κ3) is 2.22. The minimum atomic E-state index is 0.0675. The largest absolute Gasteiger partial charge is 0.378 e. The van der Waals surface area contributed by atoms with Gasteiger partial charge in [-0.3, -0.25) is 0 Å². The molecule has 2 aliphatic carbocycles. The van der Waals surface area contributed by atoms with Gasteiger partial charge in [0.15, 0.2) is 0 Å². The molecule has 0 bridgehead atoms. The summed E-state index contributed by atoms with van der Waals surface area (Å²) >= 11 is 0. The van der Waals surface area contributed by atoms with Gasteiger partial charge in [0.1, 0.15) is 0 Å². The maximum atomic E-state index is 6.12. The van der Waals surface area contributed by atoms with Gasteiger partial charge in [-0.05, 0) is 56.4 Å². The van der Waals surface area contributed by atoms with Gasteiger partial charge >= 0.3 is 0 Å². The van der Waals surface area contributed by atoms with E-state index in [-0.39, 0.29) is 5.60 Å². The van der Waals surface area contributed by atoms with Crippen LogP contribution in [0.15, 0.2) is 0 Å². The Balaban J connectivity index is 1.45. The van der Waals surface area contributed by atoms with Crippen molar-refractivity contribution in [2.24, 2.45) is 23.7 Å². The normalized spacial score (nSPS) is 49.0. The second-order valence-electron chi connectivity index (χ2n) is 7.59. The maximum absolute atomic E-state index is 6.12. The molecule has 4 aliphatic rings. The van der Waals surface area contributed by atoms with Crippen molar-refractivity contribution in [3.05, 3.63) is 0 Å². The van der Waals surface area contributed by atoms with Crippen LogP contribution in [0.2, 0.25) is 0 Å². The van der Waals surface area contributed by atoms with Crippen molar-refractivity contribution in [2.75, 3.05) is 26.9 Å². The van der Waals surface area contributed by atoms with Crippen molar-refractivity contribution >= 4 is 0 Å². The summed E-state index contributed by atoms with van der Waals surface area (Å²) in [7, 11) is 2.18. The van der Waals surface area contributed by atoms with Crippen molar-refractivity contribution in [2.45, 2.75) is 56.6 Å². The summed E-state index contributed by atoms with van der Waals surface area (Å²) in [5.41, 5.74) is 0.0675. The lowest BCUT2D eigenvalue weighted by atomic mass is 9.79. The first-order chi connectivity index (χ1) is 9.83. The minimum Gasteiger partial charge on any atom is -0.378 e. The van der Waals surface area contributed by atoms with Gasteiger partial charge in [-0.25, -0.2) is 0 Å². The first-order valence-electron chi connectivity index (χ1n) is 8.72. The van der Waals surface area contributed by atoms with Crippen LogP contribution in [0, 0.1) is 23.7 Å². The molecule has 0 aromatic rings. The van der Waals surface area contributed by atoms with E-state index in [1.807, 2.05) is 0 Å². The quantitative estimate of drug-likeness (QED) is 0.861. The Morgan fingerprint density at radius 2 is 1.90 bits per heavy atom. The van der Waals surface area contributed by atoms with Gasteiger partial charge in [-0.2, -0.15) is 0 Å². The summed E-state index contributed by atoms with van der Waals surface area (Å²) in [6, 6.07) is 0.726. The van der Waals surface area contributed by atoms with E-state index >= 15 is 0 Å². The molecule has 1 N–H and O–H groups in total. The zero-order chi connectivity index (χ0) is 13.6. The molecule has 2 aliphatic heterocycles. The highest BCUT2D eigenvalue weighted by Gasteiger charge is 2.56. The lowest BCUT2D eigenvalue weighted by Crippen LogP contribution is -2.47.